The van der Waals surface area contributed by atoms with Crippen molar-refractivity contribution < 1.29 is 9.53 Å². The lowest BCUT2D eigenvalue weighted by Gasteiger charge is -2.08. The van der Waals surface area contributed by atoms with Crippen LogP contribution in [0.4, 0.5) is 5.69 Å². The zero-order chi connectivity index (χ0) is 15.6. The summed E-state index contributed by atoms with van der Waals surface area (Å²) in [7, 11) is 0. The van der Waals surface area contributed by atoms with Gasteiger partial charge < -0.3 is 15.8 Å². The summed E-state index contributed by atoms with van der Waals surface area (Å²) in [6, 6.07) is 17.4. The molecular weight excluding hydrogens is 296 g/mol. The molecule has 0 heterocycles. The van der Waals surface area contributed by atoms with E-state index in [1.165, 1.54) is 11.8 Å². The van der Waals surface area contributed by atoms with Crippen molar-refractivity contribution in [2.24, 2.45) is 5.73 Å². The maximum atomic E-state index is 11.7. The van der Waals surface area contributed by atoms with Crippen LogP contribution >= 0.6 is 11.8 Å². The molecule has 2 aromatic carbocycles. The van der Waals surface area contributed by atoms with Crippen LogP contribution in [0.25, 0.3) is 0 Å². The van der Waals surface area contributed by atoms with Gasteiger partial charge in [-0.3, -0.25) is 4.79 Å². The van der Waals surface area contributed by atoms with Crippen molar-refractivity contribution >= 4 is 23.4 Å². The minimum Gasteiger partial charge on any atom is -0.489 e. The molecule has 2 aromatic rings. The van der Waals surface area contributed by atoms with Gasteiger partial charge in [0.2, 0.25) is 5.91 Å². The van der Waals surface area contributed by atoms with Crippen molar-refractivity contribution in [3.8, 4) is 5.75 Å². The number of ether oxygens (including phenoxy) is 1. The minimum absolute atomic E-state index is 0.0172. The van der Waals surface area contributed by atoms with E-state index in [0.717, 1.165) is 22.8 Å². The molecule has 3 N–H and O–H groups in total. The Balaban J connectivity index is 1.79. The summed E-state index contributed by atoms with van der Waals surface area (Å²) in [5.74, 6) is 1.97. The van der Waals surface area contributed by atoms with Crippen LogP contribution in [0, 0.1) is 0 Å². The van der Waals surface area contributed by atoms with Crippen LogP contribution in [0.1, 0.15) is 5.56 Å². The fourth-order valence-electron chi connectivity index (χ4n) is 1.82. The zero-order valence-corrected chi connectivity index (χ0v) is 13.1. The molecule has 0 aliphatic rings. The van der Waals surface area contributed by atoms with Gasteiger partial charge in [-0.05, 0) is 29.8 Å². The quantitative estimate of drug-likeness (QED) is 0.735. The van der Waals surface area contributed by atoms with Gasteiger partial charge in [-0.15, -0.1) is 0 Å². The van der Waals surface area contributed by atoms with Crippen molar-refractivity contribution in [1.29, 1.82) is 0 Å². The molecule has 0 aliphatic heterocycles. The SMILES string of the molecule is NCCSCC(=O)Nc1ccc(OCc2ccccc2)cc1. The molecule has 0 spiro atoms. The smallest absolute Gasteiger partial charge is 0.234 e. The van der Waals surface area contributed by atoms with E-state index < -0.39 is 0 Å². The fourth-order valence-corrected chi connectivity index (χ4v) is 2.39. The molecule has 22 heavy (non-hydrogen) atoms. The van der Waals surface area contributed by atoms with E-state index >= 15 is 0 Å². The van der Waals surface area contributed by atoms with E-state index in [1.54, 1.807) is 0 Å². The van der Waals surface area contributed by atoms with Gasteiger partial charge in [-0.2, -0.15) is 11.8 Å². The molecule has 0 radical (unpaired) electrons. The fraction of sp³-hybridized carbons (Fsp3) is 0.235. The van der Waals surface area contributed by atoms with Crippen molar-refractivity contribution in [2.45, 2.75) is 6.61 Å². The highest BCUT2D eigenvalue weighted by molar-refractivity contribution is 7.99. The number of hydrogen-bond acceptors (Lipinski definition) is 4. The van der Waals surface area contributed by atoms with Gasteiger partial charge in [-0.25, -0.2) is 0 Å². The summed E-state index contributed by atoms with van der Waals surface area (Å²) in [4.78, 5) is 11.7. The van der Waals surface area contributed by atoms with Crippen molar-refractivity contribution in [3.63, 3.8) is 0 Å². The normalized spacial score (nSPS) is 10.2. The van der Waals surface area contributed by atoms with E-state index in [1.807, 2.05) is 54.6 Å². The first kappa shape index (κ1) is 16.4. The summed E-state index contributed by atoms with van der Waals surface area (Å²) < 4.78 is 5.70. The lowest BCUT2D eigenvalue weighted by molar-refractivity contribution is -0.113. The highest BCUT2D eigenvalue weighted by atomic mass is 32.2. The average molecular weight is 316 g/mol. The molecule has 0 saturated heterocycles. The number of nitrogens with two attached hydrogens (primary N) is 1. The van der Waals surface area contributed by atoms with E-state index in [2.05, 4.69) is 5.32 Å². The Kier molecular flexibility index (Phi) is 6.80. The second-order valence-electron chi connectivity index (χ2n) is 4.69. The first-order valence-electron chi connectivity index (χ1n) is 7.12. The minimum atomic E-state index is -0.0172. The molecule has 1 amide bonds. The molecule has 0 unspecified atom stereocenters. The first-order chi connectivity index (χ1) is 10.8. The Morgan fingerprint density at radius 3 is 2.50 bits per heavy atom. The van der Waals surface area contributed by atoms with Crippen LogP contribution in [0.15, 0.2) is 54.6 Å². The van der Waals surface area contributed by atoms with Crippen LogP contribution < -0.4 is 15.8 Å². The molecule has 0 bridgehead atoms. The third-order valence-corrected chi connectivity index (χ3v) is 3.87. The number of hydrogen-bond donors (Lipinski definition) is 2. The summed E-state index contributed by atoms with van der Waals surface area (Å²) in [6.07, 6.45) is 0. The Hall–Kier alpha value is -1.98. The average Bonchev–Trinajstić information content (AvgIpc) is 2.55. The van der Waals surface area contributed by atoms with E-state index in [0.29, 0.717) is 18.9 Å². The molecular formula is C17H20N2O2S. The van der Waals surface area contributed by atoms with Gasteiger partial charge in [0.15, 0.2) is 0 Å². The van der Waals surface area contributed by atoms with Crippen molar-refractivity contribution in [1.82, 2.24) is 0 Å². The van der Waals surface area contributed by atoms with Crippen LogP contribution in [0.5, 0.6) is 5.75 Å². The van der Waals surface area contributed by atoms with Gasteiger partial charge >= 0.3 is 0 Å². The second kappa shape index (κ2) is 9.12. The number of amides is 1. The Bertz CT molecular complexity index is 573. The van der Waals surface area contributed by atoms with Gasteiger partial charge in [0.1, 0.15) is 12.4 Å². The number of benzene rings is 2. The predicted octanol–water partition coefficient (Wildman–Crippen LogP) is 2.90. The lowest BCUT2D eigenvalue weighted by atomic mass is 10.2. The highest BCUT2D eigenvalue weighted by Crippen LogP contribution is 2.17. The van der Waals surface area contributed by atoms with Crippen LogP contribution in [0.3, 0.4) is 0 Å². The standard InChI is InChI=1S/C17H20N2O2S/c18-10-11-22-13-17(20)19-15-6-8-16(9-7-15)21-12-14-4-2-1-3-5-14/h1-9H,10-13,18H2,(H,19,20). The third-order valence-electron chi connectivity index (χ3n) is 2.88. The lowest BCUT2D eigenvalue weighted by Crippen LogP contribution is -2.15. The maximum Gasteiger partial charge on any atom is 0.234 e. The number of carbonyl (C=O) groups excluding carboxylic acids is 1. The molecule has 116 valence electrons. The molecule has 0 aliphatic carbocycles. The van der Waals surface area contributed by atoms with Gasteiger partial charge in [0, 0.05) is 18.0 Å². The number of carbonyl (C=O) groups is 1. The predicted molar refractivity (Wildman–Crippen MR) is 92.2 cm³/mol. The van der Waals surface area contributed by atoms with Crippen LogP contribution in [-0.2, 0) is 11.4 Å². The highest BCUT2D eigenvalue weighted by Gasteiger charge is 2.02. The maximum absolute atomic E-state index is 11.7. The second-order valence-corrected chi connectivity index (χ2v) is 5.79. The summed E-state index contributed by atoms with van der Waals surface area (Å²) in [6.45, 7) is 1.12. The third kappa shape index (κ3) is 5.79. The monoisotopic (exact) mass is 316 g/mol. The molecule has 0 fully saturated rings. The number of nitrogens with one attached hydrogen (secondary N) is 1. The number of anilines is 1. The number of rotatable bonds is 8. The molecule has 0 saturated carbocycles. The Labute approximate surface area is 135 Å². The van der Waals surface area contributed by atoms with Crippen molar-refractivity contribution in [3.05, 3.63) is 60.2 Å². The van der Waals surface area contributed by atoms with Gasteiger partial charge in [-0.1, -0.05) is 30.3 Å². The zero-order valence-electron chi connectivity index (χ0n) is 12.3. The van der Waals surface area contributed by atoms with Crippen LogP contribution in [0.2, 0.25) is 0 Å². The molecule has 2 rings (SSSR count). The van der Waals surface area contributed by atoms with Gasteiger partial charge in [0.05, 0.1) is 5.75 Å². The Morgan fingerprint density at radius 1 is 1.09 bits per heavy atom. The molecule has 0 atom stereocenters. The Morgan fingerprint density at radius 2 is 1.82 bits per heavy atom. The topological polar surface area (TPSA) is 64.4 Å². The van der Waals surface area contributed by atoms with E-state index in [4.69, 9.17) is 10.5 Å². The first-order valence-corrected chi connectivity index (χ1v) is 8.28. The molecule has 5 heteroatoms. The largest absolute Gasteiger partial charge is 0.489 e. The molecule has 0 aromatic heterocycles. The van der Waals surface area contributed by atoms with Crippen molar-refractivity contribution in [2.75, 3.05) is 23.4 Å². The summed E-state index contributed by atoms with van der Waals surface area (Å²) in [5, 5.41) is 2.85. The summed E-state index contributed by atoms with van der Waals surface area (Å²) >= 11 is 1.53. The van der Waals surface area contributed by atoms with Crippen LogP contribution in [-0.4, -0.2) is 24.0 Å². The number of thioether (sulfide) groups is 1. The summed E-state index contributed by atoms with van der Waals surface area (Å²) in [5.41, 5.74) is 7.28. The van der Waals surface area contributed by atoms with E-state index in [9.17, 15) is 4.79 Å². The van der Waals surface area contributed by atoms with Gasteiger partial charge in [0.25, 0.3) is 0 Å². The van der Waals surface area contributed by atoms with E-state index in [-0.39, 0.29) is 5.91 Å². The molecule has 4 nitrogen and oxygen atoms in total.